The molecule has 0 amide bonds. The predicted octanol–water partition coefficient (Wildman–Crippen LogP) is -1.39. The van der Waals surface area contributed by atoms with E-state index in [4.69, 9.17) is 0 Å². The van der Waals surface area contributed by atoms with Crippen molar-refractivity contribution in [3.8, 4) is 0 Å². The molecule has 0 bridgehead atoms. The van der Waals surface area contributed by atoms with E-state index in [0.29, 0.717) is 32.2 Å². The number of nitrogens with zero attached hydrogens (tertiary/aromatic N) is 3. The van der Waals surface area contributed by atoms with Crippen molar-refractivity contribution in [3.63, 3.8) is 0 Å². The van der Waals surface area contributed by atoms with Crippen LogP contribution in [0.15, 0.2) is 4.79 Å². The van der Waals surface area contributed by atoms with E-state index in [1.54, 1.807) is 13.8 Å². The summed E-state index contributed by atoms with van der Waals surface area (Å²) in [6.45, 7) is 11.9. The van der Waals surface area contributed by atoms with E-state index in [2.05, 4.69) is 34.8 Å². The van der Waals surface area contributed by atoms with Crippen molar-refractivity contribution in [1.29, 1.82) is 0 Å². The van der Waals surface area contributed by atoms with Gasteiger partial charge in [0, 0.05) is 25.2 Å². The van der Waals surface area contributed by atoms with Crippen LogP contribution in [0.4, 0.5) is 0 Å². The Hall–Kier alpha value is -1.25. The number of aliphatic hydroxyl groups is 1. The van der Waals surface area contributed by atoms with E-state index in [-0.39, 0.29) is 11.7 Å². The van der Waals surface area contributed by atoms with Crippen LogP contribution in [-0.4, -0.2) is 50.9 Å². The lowest BCUT2D eigenvalue weighted by Gasteiger charge is -2.20. The quantitative estimate of drug-likeness (QED) is 0.421. The van der Waals surface area contributed by atoms with E-state index >= 15 is 0 Å². The second-order valence-electron chi connectivity index (χ2n) is 6.41. The van der Waals surface area contributed by atoms with Crippen LogP contribution in [0.5, 0.6) is 0 Å². The third-order valence-corrected chi connectivity index (χ3v) is 2.88. The van der Waals surface area contributed by atoms with Gasteiger partial charge >= 0.3 is 5.69 Å². The smallest absolute Gasteiger partial charge is 0.389 e. The van der Waals surface area contributed by atoms with Gasteiger partial charge < -0.3 is 15.7 Å². The van der Waals surface area contributed by atoms with Gasteiger partial charge in [0.1, 0.15) is 11.8 Å². The molecule has 0 unspecified atom stereocenters. The number of nitrogens with one attached hydrogen (secondary N) is 3. The zero-order chi connectivity index (χ0) is 16.0. The van der Waals surface area contributed by atoms with Gasteiger partial charge in [0.15, 0.2) is 6.54 Å². The van der Waals surface area contributed by atoms with Crippen LogP contribution in [0.1, 0.15) is 34.6 Å². The highest BCUT2D eigenvalue weighted by molar-refractivity contribution is 4.70. The molecule has 0 saturated carbocycles. The fourth-order valence-electron chi connectivity index (χ4n) is 1.80. The van der Waals surface area contributed by atoms with Gasteiger partial charge in [-0.15, -0.1) is 5.10 Å². The Labute approximate surface area is 125 Å². The summed E-state index contributed by atoms with van der Waals surface area (Å²) in [6.07, 6.45) is 0. The van der Waals surface area contributed by atoms with Gasteiger partial charge in [0.05, 0.1) is 5.60 Å². The van der Waals surface area contributed by atoms with Crippen LogP contribution in [-0.2, 0) is 13.1 Å². The number of aromatic nitrogens is 4. The first-order valence-corrected chi connectivity index (χ1v) is 7.44. The van der Waals surface area contributed by atoms with Gasteiger partial charge in [-0.2, -0.15) is 0 Å². The van der Waals surface area contributed by atoms with Crippen LogP contribution in [0, 0.1) is 0 Å². The minimum atomic E-state index is -0.756. The van der Waals surface area contributed by atoms with Crippen molar-refractivity contribution < 1.29 is 9.90 Å². The topological polar surface area (TPSA) is 98.8 Å². The third-order valence-electron chi connectivity index (χ3n) is 2.88. The van der Waals surface area contributed by atoms with Gasteiger partial charge in [-0.05, 0) is 20.8 Å². The van der Waals surface area contributed by atoms with Crippen molar-refractivity contribution in [2.24, 2.45) is 0 Å². The average Bonchev–Trinajstić information content (AvgIpc) is 2.66. The maximum atomic E-state index is 11.8. The largest absolute Gasteiger partial charge is 0.466 e. The molecular weight excluding hydrogens is 272 g/mol. The first-order valence-electron chi connectivity index (χ1n) is 7.44. The van der Waals surface area contributed by atoms with E-state index in [9.17, 15) is 9.90 Å². The number of rotatable bonds is 9. The number of aromatic amines is 1. The molecule has 8 heteroatoms. The molecule has 0 aliphatic heterocycles. The number of hydrogen-bond donors (Lipinski definition) is 4. The highest BCUT2D eigenvalue weighted by Crippen LogP contribution is 1.97. The first-order chi connectivity index (χ1) is 9.67. The van der Waals surface area contributed by atoms with Gasteiger partial charge in [-0.25, -0.2) is 4.79 Å². The highest BCUT2D eigenvalue weighted by atomic mass is 16.3. The monoisotopic (exact) mass is 301 g/mol. The maximum Gasteiger partial charge on any atom is 0.466 e. The van der Waals surface area contributed by atoms with Crippen molar-refractivity contribution >= 4 is 0 Å². The molecule has 0 radical (unpaired) electrons. The molecule has 0 aromatic carbocycles. The Balaban J connectivity index is 2.47. The molecule has 21 heavy (non-hydrogen) atoms. The maximum absolute atomic E-state index is 11.8. The molecule has 0 spiro atoms. The van der Waals surface area contributed by atoms with E-state index in [1.165, 1.54) is 9.48 Å². The summed E-state index contributed by atoms with van der Waals surface area (Å²) in [6, 6.07) is 0.479. The summed E-state index contributed by atoms with van der Waals surface area (Å²) >= 11 is 0. The minimum Gasteiger partial charge on any atom is -0.389 e. The summed E-state index contributed by atoms with van der Waals surface area (Å²) in [5.74, 6) is 0. The summed E-state index contributed by atoms with van der Waals surface area (Å²) < 4.78 is 1.41. The molecule has 0 aliphatic carbocycles. The van der Waals surface area contributed by atoms with Gasteiger partial charge in [-0.3, -0.25) is 0 Å². The summed E-state index contributed by atoms with van der Waals surface area (Å²) in [5.41, 5.74) is -0.968. The normalized spacial score (nSPS) is 13.9. The molecule has 1 atom stereocenters. The second kappa shape index (κ2) is 7.67. The molecule has 122 valence electrons. The second-order valence-corrected chi connectivity index (χ2v) is 6.41. The lowest BCUT2D eigenvalue weighted by Crippen LogP contribution is -2.51. The molecule has 1 aromatic rings. The molecule has 0 saturated heterocycles. The number of H-pyrrole nitrogens is 1. The molecule has 8 nitrogen and oxygen atoms in total. The SMILES string of the molecule is CC(C)NCCn1n[n+](C[C@H](C)NCC(C)(C)O)[nH]c1=O. The Morgan fingerprint density at radius 3 is 2.62 bits per heavy atom. The average molecular weight is 301 g/mol. The van der Waals surface area contributed by atoms with Crippen molar-refractivity contribution in [3.05, 3.63) is 10.5 Å². The molecule has 0 fully saturated rings. The van der Waals surface area contributed by atoms with E-state index in [1.807, 2.05) is 6.92 Å². The molecule has 1 aromatic heterocycles. The first kappa shape index (κ1) is 17.8. The minimum absolute atomic E-state index is 0.0919. The summed E-state index contributed by atoms with van der Waals surface area (Å²) in [5, 5.41) is 23.0. The van der Waals surface area contributed by atoms with E-state index < -0.39 is 5.60 Å². The van der Waals surface area contributed by atoms with Crippen LogP contribution >= 0.6 is 0 Å². The Morgan fingerprint density at radius 1 is 1.38 bits per heavy atom. The van der Waals surface area contributed by atoms with Crippen molar-refractivity contribution in [1.82, 2.24) is 25.6 Å². The van der Waals surface area contributed by atoms with Gasteiger partial charge in [0.2, 0.25) is 0 Å². The molecule has 1 heterocycles. The zero-order valence-corrected chi connectivity index (χ0v) is 13.7. The van der Waals surface area contributed by atoms with Crippen molar-refractivity contribution in [2.75, 3.05) is 13.1 Å². The fraction of sp³-hybridized carbons (Fsp3) is 0.923. The van der Waals surface area contributed by atoms with Crippen molar-refractivity contribution in [2.45, 2.75) is 65.4 Å². The van der Waals surface area contributed by atoms with Gasteiger partial charge in [-0.1, -0.05) is 23.3 Å². The standard InChI is InChI=1S/C13H28N6O2/c1-10(2)14-6-7-18-12(20)16-19(17-18)8-11(3)15-9-13(4,5)21/h10-11,14-15,21H,6-9H2,1-5H3/p+1/t11-/m0/s1. The van der Waals surface area contributed by atoms with E-state index in [0.717, 1.165) is 0 Å². The van der Waals surface area contributed by atoms with Gasteiger partial charge in [0.25, 0.3) is 0 Å². The Bertz CT molecular complexity index is 474. The lowest BCUT2D eigenvalue weighted by molar-refractivity contribution is -0.808. The Morgan fingerprint density at radius 2 is 2.05 bits per heavy atom. The van der Waals surface area contributed by atoms with Crippen LogP contribution in [0.2, 0.25) is 0 Å². The van der Waals surface area contributed by atoms with Crippen LogP contribution in [0.25, 0.3) is 0 Å². The zero-order valence-electron chi connectivity index (χ0n) is 13.7. The molecule has 1 rings (SSSR count). The summed E-state index contributed by atoms with van der Waals surface area (Å²) in [4.78, 5) is 13.3. The third kappa shape index (κ3) is 7.35. The molecule has 4 N–H and O–H groups in total. The molecular formula is C13H29N6O2+. The van der Waals surface area contributed by atoms with Crippen LogP contribution in [0.3, 0.4) is 0 Å². The number of hydrogen-bond acceptors (Lipinski definition) is 5. The number of tetrazole rings is 1. The summed E-state index contributed by atoms with van der Waals surface area (Å²) in [7, 11) is 0. The predicted molar refractivity (Wildman–Crippen MR) is 79.9 cm³/mol. The Kier molecular flexibility index (Phi) is 6.50. The molecule has 0 aliphatic rings. The lowest BCUT2D eigenvalue weighted by atomic mass is 10.1. The fourth-order valence-corrected chi connectivity index (χ4v) is 1.80. The highest BCUT2D eigenvalue weighted by Gasteiger charge is 2.18. The van der Waals surface area contributed by atoms with Crippen LogP contribution < -0.4 is 21.1 Å².